The van der Waals surface area contributed by atoms with E-state index < -0.39 is 36.7 Å². The third kappa shape index (κ3) is 5.45. The van der Waals surface area contributed by atoms with Crippen molar-refractivity contribution in [2.24, 2.45) is 0 Å². The quantitative estimate of drug-likeness (QED) is 0.517. The van der Waals surface area contributed by atoms with Gasteiger partial charge in [-0.2, -0.15) is 32.6 Å². The molecule has 0 aliphatic heterocycles. The van der Waals surface area contributed by atoms with Gasteiger partial charge in [0.2, 0.25) is 5.13 Å². The lowest BCUT2D eigenvalue weighted by atomic mass is 10.1. The fourth-order valence-electron chi connectivity index (χ4n) is 2.50. The number of alkyl halides is 4. The summed E-state index contributed by atoms with van der Waals surface area (Å²) in [5.41, 5.74) is -0.257. The smallest absolute Gasteiger partial charge is 0.387 e. The van der Waals surface area contributed by atoms with Crippen LogP contribution in [0.2, 0.25) is 0 Å². The van der Waals surface area contributed by atoms with E-state index in [0.29, 0.717) is 10.0 Å². The Kier molecular flexibility index (Phi) is 6.65. The Morgan fingerprint density at radius 3 is 2.35 bits per heavy atom. The normalized spacial score (nSPS) is 11.9. The Balaban J connectivity index is 1.83. The Hall–Kier alpha value is -3.73. The molecular formula is C17H12F4N6O3S. The van der Waals surface area contributed by atoms with Gasteiger partial charge in [-0.3, -0.25) is 4.79 Å². The fraction of sp³-hybridized carbons (Fsp3) is 0.235. The second kappa shape index (κ2) is 9.39. The number of rotatable bonds is 8. The van der Waals surface area contributed by atoms with Crippen LogP contribution < -0.4 is 14.8 Å². The molecule has 0 saturated heterocycles. The zero-order valence-corrected chi connectivity index (χ0v) is 16.3. The summed E-state index contributed by atoms with van der Waals surface area (Å²) in [6.45, 7) is -4.90. The number of nitrogens with zero attached hydrogens (tertiary/aromatic N) is 5. The number of hydrogen-bond donors (Lipinski definition) is 1. The summed E-state index contributed by atoms with van der Waals surface area (Å²) in [5.74, 6) is -1.59. The molecule has 9 nitrogen and oxygen atoms in total. The maximum atomic E-state index is 12.6. The number of aromatic nitrogens is 4. The van der Waals surface area contributed by atoms with Crippen molar-refractivity contribution in [3.63, 3.8) is 0 Å². The minimum absolute atomic E-state index is 0.257. The monoisotopic (exact) mass is 456 g/mol. The summed E-state index contributed by atoms with van der Waals surface area (Å²) in [4.78, 5) is 21.1. The third-order valence-electron chi connectivity index (χ3n) is 3.69. The standard InChI is InChI=1S/C17H12F4N6O3S/c1-8(13-24-7-25-27(13)17-23-6-12(5-22)31-17)26-14(28)9-2-10(29-15(18)19)4-11(3-9)30-16(20)21/h2-4,6-8,15-16H,1H3,(H,26,28)/t8-/m0/s1. The van der Waals surface area contributed by atoms with Crippen molar-refractivity contribution in [3.8, 4) is 22.7 Å². The van der Waals surface area contributed by atoms with Crippen molar-refractivity contribution in [2.45, 2.75) is 26.2 Å². The molecule has 1 aromatic carbocycles. The van der Waals surface area contributed by atoms with Gasteiger partial charge in [-0.1, -0.05) is 11.3 Å². The number of nitrogens with one attached hydrogen (secondary N) is 1. The second-order valence-corrected chi connectivity index (χ2v) is 6.80. The van der Waals surface area contributed by atoms with E-state index in [1.165, 1.54) is 17.2 Å². The molecule has 0 fully saturated rings. The van der Waals surface area contributed by atoms with E-state index in [1.807, 2.05) is 6.07 Å². The molecule has 0 saturated carbocycles. The highest BCUT2D eigenvalue weighted by Gasteiger charge is 2.21. The highest BCUT2D eigenvalue weighted by molar-refractivity contribution is 7.14. The van der Waals surface area contributed by atoms with Gasteiger partial charge in [-0.15, -0.1) is 0 Å². The number of halogens is 4. The van der Waals surface area contributed by atoms with Gasteiger partial charge in [0.1, 0.15) is 28.8 Å². The van der Waals surface area contributed by atoms with Crippen molar-refractivity contribution in [1.29, 1.82) is 5.26 Å². The number of hydrogen-bond acceptors (Lipinski definition) is 8. The first kappa shape index (κ1) is 22.0. The molecule has 1 N–H and O–H groups in total. The number of ether oxygens (including phenoxy) is 2. The minimum Gasteiger partial charge on any atom is -0.435 e. The van der Waals surface area contributed by atoms with Crippen LogP contribution in [0.25, 0.3) is 5.13 Å². The van der Waals surface area contributed by atoms with Crippen LogP contribution in [0.4, 0.5) is 17.6 Å². The van der Waals surface area contributed by atoms with Crippen molar-refractivity contribution in [1.82, 2.24) is 25.1 Å². The zero-order chi connectivity index (χ0) is 22.5. The van der Waals surface area contributed by atoms with E-state index in [9.17, 15) is 22.4 Å². The van der Waals surface area contributed by atoms with Gasteiger partial charge in [-0.25, -0.2) is 9.97 Å². The topological polar surface area (TPSA) is 115 Å². The highest BCUT2D eigenvalue weighted by Crippen LogP contribution is 2.26. The van der Waals surface area contributed by atoms with Gasteiger partial charge in [-0.05, 0) is 19.1 Å². The minimum atomic E-state index is -3.23. The molecule has 1 atom stereocenters. The number of carbonyl (C=O) groups is 1. The van der Waals surface area contributed by atoms with Crippen LogP contribution >= 0.6 is 11.3 Å². The lowest BCUT2D eigenvalue weighted by Gasteiger charge is -2.15. The van der Waals surface area contributed by atoms with Crippen molar-refractivity contribution in [2.75, 3.05) is 0 Å². The van der Waals surface area contributed by atoms with Gasteiger partial charge in [0.25, 0.3) is 5.91 Å². The van der Waals surface area contributed by atoms with Gasteiger partial charge in [0.05, 0.1) is 12.2 Å². The second-order valence-electron chi connectivity index (χ2n) is 5.79. The highest BCUT2D eigenvalue weighted by atomic mass is 32.1. The summed E-state index contributed by atoms with van der Waals surface area (Å²) in [5, 5.41) is 15.8. The number of thiazole rings is 1. The summed E-state index contributed by atoms with van der Waals surface area (Å²) in [6, 6.07) is 3.90. The Bertz CT molecular complexity index is 1090. The summed E-state index contributed by atoms with van der Waals surface area (Å²) in [7, 11) is 0. The van der Waals surface area contributed by atoms with Crippen LogP contribution in [0, 0.1) is 11.3 Å². The Morgan fingerprint density at radius 1 is 1.16 bits per heavy atom. The Labute approximate surface area is 175 Å². The molecule has 2 heterocycles. The summed E-state index contributed by atoms with van der Waals surface area (Å²) < 4.78 is 59.8. The van der Waals surface area contributed by atoms with Crippen molar-refractivity contribution in [3.05, 3.63) is 47.0 Å². The lowest BCUT2D eigenvalue weighted by molar-refractivity contribution is -0.0543. The number of carbonyl (C=O) groups excluding carboxylic acids is 1. The Morgan fingerprint density at radius 2 is 1.81 bits per heavy atom. The molecule has 0 radical (unpaired) electrons. The molecule has 3 rings (SSSR count). The van der Waals surface area contributed by atoms with Crippen LogP contribution in [0.5, 0.6) is 11.5 Å². The molecule has 1 amide bonds. The molecule has 14 heteroatoms. The molecule has 2 aromatic heterocycles. The van der Waals surface area contributed by atoms with Crippen LogP contribution in [-0.4, -0.2) is 38.9 Å². The molecule has 162 valence electrons. The number of benzene rings is 1. The summed E-state index contributed by atoms with van der Waals surface area (Å²) >= 11 is 1.05. The maximum absolute atomic E-state index is 12.6. The van der Waals surface area contributed by atoms with Gasteiger partial charge >= 0.3 is 13.2 Å². The van der Waals surface area contributed by atoms with Crippen LogP contribution in [0.15, 0.2) is 30.7 Å². The molecule has 31 heavy (non-hydrogen) atoms. The predicted molar refractivity (Wildman–Crippen MR) is 97.3 cm³/mol. The molecule has 0 aliphatic carbocycles. The first-order chi connectivity index (χ1) is 14.8. The van der Waals surface area contributed by atoms with Crippen molar-refractivity contribution >= 4 is 17.2 Å². The molecule has 0 spiro atoms. The van der Waals surface area contributed by atoms with Crippen LogP contribution in [0.3, 0.4) is 0 Å². The van der Waals surface area contributed by atoms with Crippen LogP contribution in [0.1, 0.15) is 34.0 Å². The van der Waals surface area contributed by atoms with E-state index in [2.05, 4.69) is 29.9 Å². The lowest BCUT2D eigenvalue weighted by Crippen LogP contribution is -2.28. The van der Waals surface area contributed by atoms with Crippen LogP contribution in [-0.2, 0) is 0 Å². The average molecular weight is 456 g/mol. The SMILES string of the molecule is C[C@H](NC(=O)c1cc(OC(F)F)cc(OC(F)F)c1)c1ncnn1-c1ncc(C#N)s1. The number of amides is 1. The van der Waals surface area contributed by atoms with Crippen molar-refractivity contribution < 1.29 is 31.8 Å². The first-order valence-corrected chi connectivity index (χ1v) is 9.20. The molecule has 3 aromatic rings. The molecule has 0 unspecified atom stereocenters. The van der Waals surface area contributed by atoms with Gasteiger partial charge in [0, 0.05) is 11.6 Å². The maximum Gasteiger partial charge on any atom is 0.387 e. The first-order valence-electron chi connectivity index (χ1n) is 8.38. The molecule has 0 bridgehead atoms. The summed E-state index contributed by atoms with van der Waals surface area (Å²) in [6.07, 6.45) is 2.57. The molecular weight excluding hydrogens is 444 g/mol. The largest absolute Gasteiger partial charge is 0.435 e. The molecule has 0 aliphatic rings. The van der Waals surface area contributed by atoms with E-state index in [-0.39, 0.29) is 11.4 Å². The fourth-order valence-corrected chi connectivity index (χ4v) is 3.18. The van der Waals surface area contributed by atoms with Gasteiger partial charge < -0.3 is 14.8 Å². The van der Waals surface area contributed by atoms with E-state index in [0.717, 1.165) is 29.5 Å². The average Bonchev–Trinajstić information content (AvgIpc) is 3.35. The zero-order valence-electron chi connectivity index (χ0n) is 15.5. The van der Waals surface area contributed by atoms with E-state index >= 15 is 0 Å². The predicted octanol–water partition coefficient (Wildman–Crippen LogP) is 3.29. The number of nitriles is 1. The third-order valence-corrected chi connectivity index (χ3v) is 4.56. The van der Waals surface area contributed by atoms with Gasteiger partial charge in [0.15, 0.2) is 5.82 Å². The van der Waals surface area contributed by atoms with E-state index in [4.69, 9.17) is 5.26 Å². The van der Waals surface area contributed by atoms with E-state index in [1.54, 1.807) is 6.92 Å².